The lowest BCUT2D eigenvalue weighted by Crippen LogP contribution is -2.10. The molecule has 0 bridgehead atoms. The number of anilines is 1. The van der Waals surface area contributed by atoms with Crippen LogP contribution in [-0.2, 0) is 18.5 Å². The molecule has 0 radical (unpaired) electrons. The highest BCUT2D eigenvalue weighted by Gasteiger charge is 2.17. The topological polar surface area (TPSA) is 28.2 Å². The van der Waals surface area contributed by atoms with Crippen LogP contribution < -0.4 is 5.32 Å². The lowest BCUT2D eigenvalue weighted by Gasteiger charge is -2.13. The number of thiazole rings is 1. The largest absolute Gasteiger partial charge is 0.380 e. The molecule has 0 saturated carbocycles. The van der Waals surface area contributed by atoms with Gasteiger partial charge in [0.05, 0.1) is 11.6 Å². The average Bonchev–Trinajstić information content (AvgIpc) is 2.84. The summed E-state index contributed by atoms with van der Waals surface area (Å²) in [6, 6.07) is 8.60. The first-order valence-corrected chi connectivity index (χ1v) is 8.09. The molecule has 0 saturated heterocycles. The van der Waals surface area contributed by atoms with Crippen molar-refractivity contribution >= 4 is 17.0 Å². The molecule has 0 unspecified atom stereocenters. The second-order valence-corrected chi connectivity index (χ2v) is 7.79. The summed E-state index contributed by atoms with van der Waals surface area (Å²) in [4.78, 5) is 7.98. The fourth-order valence-corrected chi connectivity index (χ4v) is 2.98. The van der Waals surface area contributed by atoms with Gasteiger partial charge in [-0.05, 0) is 31.8 Å². The van der Waals surface area contributed by atoms with Gasteiger partial charge in [-0.15, -0.1) is 11.3 Å². The number of aromatic nitrogens is 1. The summed E-state index contributed by atoms with van der Waals surface area (Å²) in [6.07, 6.45) is 1.99. The summed E-state index contributed by atoms with van der Waals surface area (Å²) in [5, 5.41) is 4.69. The van der Waals surface area contributed by atoms with Gasteiger partial charge in [0.2, 0.25) is 0 Å². The molecule has 1 aromatic heterocycles. The number of rotatable bonds is 5. The summed E-state index contributed by atoms with van der Waals surface area (Å²) >= 11 is 1.79. The van der Waals surface area contributed by atoms with Crippen LogP contribution in [0.25, 0.3) is 0 Å². The van der Waals surface area contributed by atoms with Gasteiger partial charge in [0.1, 0.15) is 0 Å². The SMILES string of the molecule is CN(C)Cc1cccc(NCc2cnc(C(C)(C)C)s2)c1. The molecule has 0 fully saturated rings. The van der Waals surface area contributed by atoms with Crippen LogP contribution >= 0.6 is 11.3 Å². The van der Waals surface area contributed by atoms with Crippen LogP contribution in [-0.4, -0.2) is 24.0 Å². The summed E-state index contributed by atoms with van der Waals surface area (Å²) in [7, 11) is 4.18. The minimum absolute atomic E-state index is 0.133. The standard InChI is InChI=1S/C17H25N3S/c1-17(2,3)16-19-11-15(21-16)10-18-14-8-6-7-13(9-14)12-20(4)5/h6-9,11,18H,10,12H2,1-5H3. The third kappa shape index (κ3) is 4.83. The highest BCUT2D eigenvalue weighted by Crippen LogP contribution is 2.27. The molecule has 0 atom stereocenters. The number of hydrogen-bond donors (Lipinski definition) is 1. The molecule has 0 amide bonds. The first kappa shape index (κ1) is 16.0. The molecule has 0 spiro atoms. The Morgan fingerprint density at radius 2 is 2.00 bits per heavy atom. The quantitative estimate of drug-likeness (QED) is 0.901. The molecule has 4 heteroatoms. The van der Waals surface area contributed by atoms with Gasteiger partial charge < -0.3 is 10.2 Å². The van der Waals surface area contributed by atoms with Gasteiger partial charge in [-0.2, -0.15) is 0 Å². The maximum atomic E-state index is 4.53. The Labute approximate surface area is 132 Å². The van der Waals surface area contributed by atoms with Crippen molar-refractivity contribution in [3.8, 4) is 0 Å². The predicted octanol–water partition coefficient (Wildman–Crippen LogP) is 4.11. The molecule has 1 heterocycles. The van der Waals surface area contributed by atoms with Gasteiger partial charge in [-0.1, -0.05) is 32.9 Å². The summed E-state index contributed by atoms with van der Waals surface area (Å²) in [6.45, 7) is 8.40. The second kappa shape index (κ2) is 6.58. The molecule has 1 N–H and O–H groups in total. The normalized spacial score (nSPS) is 11.9. The van der Waals surface area contributed by atoms with Crippen molar-refractivity contribution in [2.75, 3.05) is 19.4 Å². The molecule has 114 valence electrons. The van der Waals surface area contributed by atoms with Crippen molar-refractivity contribution in [3.05, 3.63) is 45.9 Å². The Kier molecular flexibility index (Phi) is 5.01. The van der Waals surface area contributed by atoms with Gasteiger partial charge in [0.25, 0.3) is 0 Å². The average molecular weight is 303 g/mol. The minimum atomic E-state index is 0.133. The smallest absolute Gasteiger partial charge is 0.0981 e. The summed E-state index contributed by atoms with van der Waals surface area (Å²) in [5.41, 5.74) is 2.62. The van der Waals surface area contributed by atoms with Gasteiger partial charge in [0.15, 0.2) is 0 Å². The summed E-state index contributed by atoms with van der Waals surface area (Å²) < 4.78 is 0. The van der Waals surface area contributed by atoms with Gasteiger partial charge in [0, 0.05) is 28.7 Å². The third-order valence-corrected chi connectivity index (χ3v) is 4.51. The molecule has 21 heavy (non-hydrogen) atoms. The number of benzene rings is 1. The van der Waals surface area contributed by atoms with E-state index < -0.39 is 0 Å². The molecule has 1 aromatic carbocycles. The van der Waals surface area contributed by atoms with Crippen molar-refractivity contribution in [1.82, 2.24) is 9.88 Å². The van der Waals surface area contributed by atoms with Crippen LogP contribution in [0.15, 0.2) is 30.5 Å². The van der Waals surface area contributed by atoms with Crippen LogP contribution in [0.1, 0.15) is 36.2 Å². The van der Waals surface area contributed by atoms with Crippen LogP contribution in [0, 0.1) is 0 Å². The lowest BCUT2D eigenvalue weighted by atomic mass is 9.98. The summed E-state index contributed by atoms with van der Waals surface area (Å²) in [5.74, 6) is 0. The van der Waals surface area contributed by atoms with E-state index >= 15 is 0 Å². The first-order chi connectivity index (χ1) is 9.84. The van der Waals surface area contributed by atoms with E-state index in [9.17, 15) is 0 Å². The molecule has 0 aliphatic heterocycles. The fourth-order valence-electron chi connectivity index (χ4n) is 2.07. The van der Waals surface area contributed by atoms with Crippen molar-refractivity contribution < 1.29 is 0 Å². The minimum Gasteiger partial charge on any atom is -0.380 e. The van der Waals surface area contributed by atoms with Gasteiger partial charge in [-0.25, -0.2) is 4.98 Å². The second-order valence-electron chi connectivity index (χ2n) is 6.67. The predicted molar refractivity (Wildman–Crippen MR) is 92.0 cm³/mol. The zero-order valence-electron chi connectivity index (χ0n) is 13.6. The molecule has 2 rings (SSSR count). The van der Waals surface area contributed by atoms with Crippen LogP contribution in [0.3, 0.4) is 0 Å². The Hall–Kier alpha value is -1.39. The maximum Gasteiger partial charge on any atom is 0.0981 e. The Morgan fingerprint density at radius 1 is 1.24 bits per heavy atom. The molecular weight excluding hydrogens is 278 g/mol. The number of hydrogen-bond acceptors (Lipinski definition) is 4. The molecule has 0 aliphatic carbocycles. The molecule has 3 nitrogen and oxygen atoms in total. The monoisotopic (exact) mass is 303 g/mol. The third-order valence-electron chi connectivity index (χ3n) is 3.09. The molecule has 0 aliphatic rings. The maximum absolute atomic E-state index is 4.53. The van der Waals surface area contributed by atoms with Crippen LogP contribution in [0.2, 0.25) is 0 Å². The number of nitrogens with one attached hydrogen (secondary N) is 1. The van der Waals surface area contributed by atoms with Crippen molar-refractivity contribution in [2.45, 2.75) is 39.3 Å². The lowest BCUT2D eigenvalue weighted by molar-refractivity contribution is 0.402. The molecular formula is C17H25N3S. The van der Waals surface area contributed by atoms with E-state index in [0.717, 1.165) is 13.1 Å². The van der Waals surface area contributed by atoms with E-state index in [-0.39, 0.29) is 5.41 Å². The van der Waals surface area contributed by atoms with E-state index in [1.807, 2.05) is 6.20 Å². The first-order valence-electron chi connectivity index (χ1n) is 7.27. The highest BCUT2D eigenvalue weighted by atomic mass is 32.1. The zero-order chi connectivity index (χ0) is 15.5. The zero-order valence-corrected chi connectivity index (χ0v) is 14.4. The fraction of sp³-hybridized carbons (Fsp3) is 0.471. The van der Waals surface area contributed by atoms with Crippen LogP contribution in [0.5, 0.6) is 0 Å². The van der Waals surface area contributed by atoms with E-state index in [0.29, 0.717) is 0 Å². The Bertz CT molecular complexity index is 582. The van der Waals surface area contributed by atoms with E-state index in [1.165, 1.54) is 21.1 Å². The van der Waals surface area contributed by atoms with Crippen molar-refractivity contribution in [1.29, 1.82) is 0 Å². The van der Waals surface area contributed by atoms with E-state index in [1.54, 1.807) is 11.3 Å². The van der Waals surface area contributed by atoms with Gasteiger partial charge >= 0.3 is 0 Å². The highest BCUT2D eigenvalue weighted by molar-refractivity contribution is 7.11. The van der Waals surface area contributed by atoms with E-state index in [4.69, 9.17) is 0 Å². The van der Waals surface area contributed by atoms with Crippen molar-refractivity contribution in [2.24, 2.45) is 0 Å². The number of nitrogens with zero attached hydrogens (tertiary/aromatic N) is 2. The Morgan fingerprint density at radius 3 is 2.62 bits per heavy atom. The van der Waals surface area contributed by atoms with Crippen molar-refractivity contribution in [3.63, 3.8) is 0 Å². The van der Waals surface area contributed by atoms with E-state index in [2.05, 4.69) is 74.3 Å². The van der Waals surface area contributed by atoms with Crippen LogP contribution in [0.4, 0.5) is 5.69 Å². The van der Waals surface area contributed by atoms with Gasteiger partial charge in [-0.3, -0.25) is 0 Å². The Balaban J connectivity index is 1.98. The molecule has 2 aromatic rings.